The summed E-state index contributed by atoms with van der Waals surface area (Å²) in [6, 6.07) is 0. The molecule has 1 atom stereocenters. The quantitative estimate of drug-likeness (QED) is 0.760. The van der Waals surface area contributed by atoms with Gasteiger partial charge in [0.15, 0.2) is 0 Å². The molecule has 0 aromatic carbocycles. The third-order valence-electron chi connectivity index (χ3n) is 2.92. The normalized spacial score (nSPS) is 24.3. The van der Waals surface area contributed by atoms with E-state index in [9.17, 15) is 8.42 Å². The van der Waals surface area contributed by atoms with Gasteiger partial charge in [-0.15, -0.1) is 0 Å². The van der Waals surface area contributed by atoms with Crippen LogP contribution in [-0.4, -0.2) is 44.7 Å². The Kier molecular flexibility index (Phi) is 5.02. The van der Waals surface area contributed by atoms with Gasteiger partial charge in [0.1, 0.15) is 0 Å². The average molecular weight is 234 g/mol. The highest BCUT2D eigenvalue weighted by molar-refractivity contribution is 7.89. The zero-order valence-electron chi connectivity index (χ0n) is 9.70. The van der Waals surface area contributed by atoms with Crippen molar-refractivity contribution in [3.63, 3.8) is 0 Å². The summed E-state index contributed by atoms with van der Waals surface area (Å²) in [6.45, 7) is 7.08. The van der Waals surface area contributed by atoms with Gasteiger partial charge in [0.25, 0.3) is 0 Å². The molecule has 1 aliphatic rings. The average Bonchev–Trinajstić information content (AvgIpc) is 2.27. The maximum atomic E-state index is 11.7. The number of sulfonamides is 1. The van der Waals surface area contributed by atoms with Crippen molar-refractivity contribution in [2.45, 2.75) is 26.7 Å². The first kappa shape index (κ1) is 12.9. The number of piperidine rings is 1. The molecule has 1 N–H and O–H groups in total. The predicted octanol–water partition coefficient (Wildman–Crippen LogP) is 0.658. The van der Waals surface area contributed by atoms with E-state index in [1.807, 2.05) is 0 Å². The minimum atomic E-state index is -2.97. The first-order valence-electron chi connectivity index (χ1n) is 5.78. The van der Waals surface area contributed by atoms with Crippen LogP contribution in [0.3, 0.4) is 0 Å². The topological polar surface area (TPSA) is 49.4 Å². The number of hydrogen-bond donors (Lipinski definition) is 1. The molecule has 1 fully saturated rings. The van der Waals surface area contributed by atoms with E-state index in [1.165, 1.54) is 0 Å². The SMILES string of the molecule is CCNCC1CCCN(S(=O)(=O)CC)C1. The Balaban J connectivity index is 2.49. The summed E-state index contributed by atoms with van der Waals surface area (Å²) in [4.78, 5) is 0. The van der Waals surface area contributed by atoms with Crippen LogP contribution >= 0.6 is 0 Å². The van der Waals surface area contributed by atoms with Gasteiger partial charge in [-0.3, -0.25) is 0 Å². The van der Waals surface area contributed by atoms with Gasteiger partial charge in [0.05, 0.1) is 5.75 Å². The van der Waals surface area contributed by atoms with Gasteiger partial charge in [0, 0.05) is 13.1 Å². The lowest BCUT2D eigenvalue weighted by Gasteiger charge is -2.31. The maximum absolute atomic E-state index is 11.7. The monoisotopic (exact) mass is 234 g/mol. The highest BCUT2D eigenvalue weighted by Gasteiger charge is 2.26. The highest BCUT2D eigenvalue weighted by atomic mass is 32.2. The van der Waals surface area contributed by atoms with Crippen LogP contribution in [0.1, 0.15) is 26.7 Å². The van der Waals surface area contributed by atoms with Crippen molar-refractivity contribution in [3.8, 4) is 0 Å². The Hall–Kier alpha value is -0.130. The van der Waals surface area contributed by atoms with Crippen LogP contribution in [0.2, 0.25) is 0 Å². The molecular formula is C10H22N2O2S. The Morgan fingerprint density at radius 3 is 2.73 bits per heavy atom. The molecule has 0 spiro atoms. The van der Waals surface area contributed by atoms with Crippen molar-refractivity contribution in [2.75, 3.05) is 31.9 Å². The molecule has 1 aliphatic heterocycles. The van der Waals surface area contributed by atoms with Gasteiger partial charge in [-0.05, 0) is 38.8 Å². The number of nitrogens with one attached hydrogen (secondary N) is 1. The van der Waals surface area contributed by atoms with Crippen molar-refractivity contribution < 1.29 is 8.42 Å². The fourth-order valence-corrected chi connectivity index (χ4v) is 3.19. The summed E-state index contributed by atoms with van der Waals surface area (Å²) >= 11 is 0. The van der Waals surface area contributed by atoms with E-state index < -0.39 is 10.0 Å². The number of hydrogen-bond acceptors (Lipinski definition) is 3. The van der Waals surface area contributed by atoms with E-state index in [0.29, 0.717) is 19.0 Å². The number of nitrogens with zero attached hydrogens (tertiary/aromatic N) is 1. The second kappa shape index (κ2) is 5.82. The van der Waals surface area contributed by atoms with Crippen LogP contribution in [0.25, 0.3) is 0 Å². The Morgan fingerprint density at radius 1 is 1.40 bits per heavy atom. The molecule has 1 heterocycles. The molecule has 0 amide bonds. The molecule has 1 saturated heterocycles. The fourth-order valence-electron chi connectivity index (χ4n) is 1.98. The second-order valence-electron chi connectivity index (χ2n) is 4.07. The van der Waals surface area contributed by atoms with E-state index in [4.69, 9.17) is 0 Å². The molecule has 90 valence electrons. The highest BCUT2D eigenvalue weighted by Crippen LogP contribution is 2.18. The second-order valence-corrected chi connectivity index (χ2v) is 6.33. The molecule has 4 nitrogen and oxygen atoms in total. The van der Waals surface area contributed by atoms with Gasteiger partial charge in [-0.25, -0.2) is 12.7 Å². The molecule has 1 unspecified atom stereocenters. The van der Waals surface area contributed by atoms with Gasteiger partial charge in [-0.1, -0.05) is 6.92 Å². The van der Waals surface area contributed by atoms with Crippen LogP contribution in [0.5, 0.6) is 0 Å². The van der Waals surface area contributed by atoms with Crippen LogP contribution in [0, 0.1) is 5.92 Å². The lowest BCUT2D eigenvalue weighted by Crippen LogP contribution is -2.43. The fraction of sp³-hybridized carbons (Fsp3) is 1.00. The van der Waals surface area contributed by atoms with Crippen LogP contribution < -0.4 is 5.32 Å². The lowest BCUT2D eigenvalue weighted by atomic mass is 10.00. The maximum Gasteiger partial charge on any atom is 0.213 e. The number of rotatable bonds is 5. The summed E-state index contributed by atoms with van der Waals surface area (Å²) in [6.07, 6.45) is 2.14. The molecule has 5 heteroatoms. The zero-order valence-corrected chi connectivity index (χ0v) is 10.5. The molecular weight excluding hydrogens is 212 g/mol. The summed E-state index contributed by atoms with van der Waals surface area (Å²) < 4.78 is 25.0. The third-order valence-corrected chi connectivity index (χ3v) is 4.77. The van der Waals surface area contributed by atoms with Gasteiger partial charge in [0.2, 0.25) is 10.0 Å². The van der Waals surface area contributed by atoms with Gasteiger partial charge < -0.3 is 5.32 Å². The zero-order chi connectivity index (χ0) is 11.3. The van der Waals surface area contributed by atoms with Crippen LogP contribution in [-0.2, 0) is 10.0 Å². The van der Waals surface area contributed by atoms with E-state index in [2.05, 4.69) is 12.2 Å². The molecule has 0 bridgehead atoms. The summed E-state index contributed by atoms with van der Waals surface area (Å²) in [5, 5.41) is 3.29. The predicted molar refractivity (Wildman–Crippen MR) is 62.3 cm³/mol. The van der Waals surface area contributed by atoms with Crippen molar-refractivity contribution in [3.05, 3.63) is 0 Å². The van der Waals surface area contributed by atoms with E-state index in [-0.39, 0.29) is 5.75 Å². The molecule has 1 rings (SSSR count). The van der Waals surface area contributed by atoms with E-state index in [0.717, 1.165) is 25.9 Å². The van der Waals surface area contributed by atoms with Crippen molar-refractivity contribution in [2.24, 2.45) is 5.92 Å². The minimum Gasteiger partial charge on any atom is -0.317 e. The van der Waals surface area contributed by atoms with Crippen molar-refractivity contribution >= 4 is 10.0 Å². The molecule has 0 saturated carbocycles. The summed E-state index contributed by atoms with van der Waals surface area (Å²) in [5.41, 5.74) is 0. The van der Waals surface area contributed by atoms with E-state index >= 15 is 0 Å². The van der Waals surface area contributed by atoms with Gasteiger partial charge >= 0.3 is 0 Å². The Labute approximate surface area is 93.1 Å². The Bertz CT molecular complexity index is 277. The molecule has 0 radical (unpaired) electrons. The van der Waals surface area contributed by atoms with Crippen molar-refractivity contribution in [1.82, 2.24) is 9.62 Å². The third kappa shape index (κ3) is 3.74. The molecule has 15 heavy (non-hydrogen) atoms. The molecule has 0 aromatic heterocycles. The smallest absolute Gasteiger partial charge is 0.213 e. The van der Waals surface area contributed by atoms with Gasteiger partial charge in [-0.2, -0.15) is 0 Å². The van der Waals surface area contributed by atoms with Crippen LogP contribution in [0.15, 0.2) is 0 Å². The largest absolute Gasteiger partial charge is 0.317 e. The summed E-state index contributed by atoms with van der Waals surface area (Å²) in [7, 11) is -2.97. The molecule has 0 aromatic rings. The van der Waals surface area contributed by atoms with Crippen molar-refractivity contribution in [1.29, 1.82) is 0 Å². The first-order chi connectivity index (χ1) is 7.10. The standard InChI is InChI=1S/C10H22N2O2S/c1-3-11-8-10-6-5-7-12(9-10)15(13,14)4-2/h10-11H,3-9H2,1-2H3. The van der Waals surface area contributed by atoms with Crippen LogP contribution in [0.4, 0.5) is 0 Å². The Morgan fingerprint density at radius 2 is 2.13 bits per heavy atom. The molecule has 0 aliphatic carbocycles. The minimum absolute atomic E-state index is 0.223. The lowest BCUT2D eigenvalue weighted by molar-refractivity contribution is 0.261. The summed E-state index contributed by atoms with van der Waals surface area (Å²) in [5.74, 6) is 0.709. The van der Waals surface area contributed by atoms with E-state index in [1.54, 1.807) is 11.2 Å². The first-order valence-corrected chi connectivity index (χ1v) is 7.39.